The van der Waals surface area contributed by atoms with E-state index in [0.29, 0.717) is 5.92 Å². The highest BCUT2D eigenvalue weighted by Crippen LogP contribution is 2.29. The molecule has 0 aromatic carbocycles. The topological polar surface area (TPSA) is 47.0 Å². The van der Waals surface area contributed by atoms with Crippen LogP contribution in [0.5, 0.6) is 0 Å². The Hall–Kier alpha value is -1.16. The molecule has 2 rings (SSSR count). The quantitative estimate of drug-likeness (QED) is 0.894. The molecule has 4 heteroatoms. The fraction of sp³-hybridized carbons (Fsp3) is 0.714. The molecule has 0 amide bonds. The number of aromatic nitrogens is 2. The number of nitrogens with one attached hydrogen (secondary N) is 1. The van der Waals surface area contributed by atoms with E-state index in [4.69, 9.17) is 4.74 Å². The molecule has 18 heavy (non-hydrogen) atoms. The van der Waals surface area contributed by atoms with Crippen LogP contribution >= 0.6 is 0 Å². The molecule has 2 unspecified atom stereocenters. The lowest BCUT2D eigenvalue weighted by atomic mass is 9.95. The van der Waals surface area contributed by atoms with Gasteiger partial charge in [-0.25, -0.2) is 9.97 Å². The molecule has 2 atom stereocenters. The second-order valence-corrected chi connectivity index (χ2v) is 5.71. The molecule has 1 aliphatic rings. The molecule has 1 N–H and O–H groups in total. The highest BCUT2D eigenvalue weighted by molar-refractivity contribution is 5.40. The summed E-state index contributed by atoms with van der Waals surface area (Å²) in [5.41, 5.74) is 0.973. The van der Waals surface area contributed by atoms with Crippen molar-refractivity contribution in [2.45, 2.75) is 58.6 Å². The van der Waals surface area contributed by atoms with Crippen molar-refractivity contribution in [3.63, 3.8) is 0 Å². The molecule has 1 fully saturated rings. The van der Waals surface area contributed by atoms with Gasteiger partial charge in [0.2, 0.25) is 0 Å². The number of nitrogens with zero attached hydrogens (tertiary/aromatic N) is 2. The van der Waals surface area contributed by atoms with Crippen LogP contribution in [-0.4, -0.2) is 28.2 Å². The van der Waals surface area contributed by atoms with E-state index in [0.717, 1.165) is 30.4 Å². The molecule has 1 aromatic heterocycles. The monoisotopic (exact) mass is 249 g/mol. The first kappa shape index (κ1) is 13.3. The number of rotatable bonds is 3. The highest BCUT2D eigenvalue weighted by Gasteiger charge is 2.37. The first-order chi connectivity index (χ1) is 8.40. The van der Waals surface area contributed by atoms with E-state index >= 15 is 0 Å². The predicted molar refractivity (Wildman–Crippen MR) is 72.9 cm³/mol. The van der Waals surface area contributed by atoms with E-state index in [9.17, 15) is 0 Å². The number of hydrogen-bond acceptors (Lipinski definition) is 4. The summed E-state index contributed by atoms with van der Waals surface area (Å²) in [5, 5.41) is 3.53. The first-order valence-electron chi connectivity index (χ1n) is 6.66. The Morgan fingerprint density at radius 2 is 2.17 bits per heavy atom. The number of aryl methyl sites for hydroxylation is 1. The van der Waals surface area contributed by atoms with Crippen LogP contribution in [0.2, 0.25) is 0 Å². The van der Waals surface area contributed by atoms with Crippen LogP contribution < -0.4 is 5.32 Å². The Balaban J connectivity index is 2.23. The molecule has 0 aliphatic carbocycles. The van der Waals surface area contributed by atoms with Crippen LogP contribution in [-0.2, 0) is 4.74 Å². The van der Waals surface area contributed by atoms with Crippen molar-refractivity contribution >= 4 is 5.82 Å². The number of ether oxygens (including phenoxy) is 1. The zero-order chi connectivity index (χ0) is 13.3. The molecule has 1 aliphatic heterocycles. The van der Waals surface area contributed by atoms with Crippen molar-refractivity contribution in [1.82, 2.24) is 9.97 Å². The smallest absolute Gasteiger partial charge is 0.133 e. The maximum absolute atomic E-state index is 5.64. The number of hydrogen-bond donors (Lipinski definition) is 1. The Morgan fingerprint density at radius 1 is 1.44 bits per heavy atom. The average molecular weight is 249 g/mol. The van der Waals surface area contributed by atoms with Crippen LogP contribution in [0.15, 0.2) is 6.07 Å². The van der Waals surface area contributed by atoms with Crippen LogP contribution in [0.1, 0.15) is 51.6 Å². The van der Waals surface area contributed by atoms with Crippen LogP contribution in [0.3, 0.4) is 0 Å². The summed E-state index contributed by atoms with van der Waals surface area (Å²) in [4.78, 5) is 9.07. The molecule has 2 heterocycles. The zero-order valence-corrected chi connectivity index (χ0v) is 11.9. The van der Waals surface area contributed by atoms with Crippen molar-refractivity contribution in [3.05, 3.63) is 17.6 Å². The molecule has 0 saturated carbocycles. The molecular weight excluding hydrogens is 226 g/mol. The second-order valence-electron chi connectivity index (χ2n) is 5.71. The third kappa shape index (κ3) is 2.64. The van der Waals surface area contributed by atoms with Gasteiger partial charge in [-0.2, -0.15) is 0 Å². The summed E-state index contributed by atoms with van der Waals surface area (Å²) in [5.74, 6) is 2.15. The molecule has 4 nitrogen and oxygen atoms in total. The molecular formula is C14H23N3O. The van der Waals surface area contributed by atoms with Crippen molar-refractivity contribution in [1.29, 1.82) is 0 Å². The van der Waals surface area contributed by atoms with Gasteiger partial charge in [0, 0.05) is 24.3 Å². The Kier molecular flexibility index (Phi) is 3.57. The van der Waals surface area contributed by atoms with E-state index in [1.807, 2.05) is 13.0 Å². The van der Waals surface area contributed by atoms with Crippen LogP contribution in [0, 0.1) is 6.92 Å². The van der Waals surface area contributed by atoms with Crippen LogP contribution in [0.25, 0.3) is 0 Å². The average Bonchev–Trinajstić information content (AvgIpc) is 2.58. The van der Waals surface area contributed by atoms with Gasteiger partial charge in [0.05, 0.1) is 11.6 Å². The predicted octanol–water partition coefficient (Wildman–Crippen LogP) is 2.89. The molecule has 1 aromatic rings. The van der Waals surface area contributed by atoms with Gasteiger partial charge in [0.15, 0.2) is 0 Å². The van der Waals surface area contributed by atoms with Gasteiger partial charge in [0.1, 0.15) is 11.6 Å². The van der Waals surface area contributed by atoms with Gasteiger partial charge >= 0.3 is 0 Å². The third-order valence-corrected chi connectivity index (χ3v) is 3.69. The van der Waals surface area contributed by atoms with Crippen molar-refractivity contribution in [2.24, 2.45) is 0 Å². The van der Waals surface area contributed by atoms with Crippen LogP contribution in [0.4, 0.5) is 5.82 Å². The summed E-state index contributed by atoms with van der Waals surface area (Å²) in [6.07, 6.45) is 1.21. The fourth-order valence-electron chi connectivity index (χ4n) is 2.21. The molecule has 0 radical (unpaired) electrons. The van der Waals surface area contributed by atoms with Crippen molar-refractivity contribution in [3.8, 4) is 0 Å². The van der Waals surface area contributed by atoms with Gasteiger partial charge in [-0.3, -0.25) is 0 Å². The first-order valence-corrected chi connectivity index (χ1v) is 6.66. The molecule has 1 saturated heterocycles. The normalized spacial score (nSPS) is 27.8. The summed E-state index contributed by atoms with van der Waals surface area (Å²) in [7, 11) is 0. The van der Waals surface area contributed by atoms with Gasteiger partial charge in [-0.1, -0.05) is 13.8 Å². The lowest BCUT2D eigenvalue weighted by molar-refractivity contribution is 0.105. The summed E-state index contributed by atoms with van der Waals surface area (Å²) < 4.78 is 5.64. The highest BCUT2D eigenvalue weighted by atomic mass is 16.5. The Labute approximate surface area is 109 Å². The van der Waals surface area contributed by atoms with E-state index in [1.54, 1.807) is 0 Å². The lowest BCUT2D eigenvalue weighted by Gasteiger charge is -2.29. The van der Waals surface area contributed by atoms with E-state index in [-0.39, 0.29) is 11.6 Å². The van der Waals surface area contributed by atoms with Crippen molar-refractivity contribution < 1.29 is 4.74 Å². The van der Waals surface area contributed by atoms with E-state index in [2.05, 4.69) is 43.0 Å². The lowest BCUT2D eigenvalue weighted by Crippen LogP contribution is -2.41. The van der Waals surface area contributed by atoms with Gasteiger partial charge in [0.25, 0.3) is 0 Å². The van der Waals surface area contributed by atoms with E-state index in [1.165, 1.54) is 0 Å². The molecule has 0 bridgehead atoms. The maximum Gasteiger partial charge on any atom is 0.133 e. The summed E-state index contributed by atoms with van der Waals surface area (Å²) in [6, 6.07) is 2.00. The zero-order valence-electron chi connectivity index (χ0n) is 11.9. The third-order valence-electron chi connectivity index (χ3n) is 3.69. The second kappa shape index (κ2) is 4.84. The minimum Gasteiger partial charge on any atom is -0.376 e. The molecule has 0 spiro atoms. The SMILES string of the molecule is Cc1cc(NC2(C)CCOC2C)nc(C(C)C)n1. The van der Waals surface area contributed by atoms with Gasteiger partial charge in [-0.15, -0.1) is 0 Å². The minimum absolute atomic E-state index is 0.0327. The summed E-state index contributed by atoms with van der Waals surface area (Å²) in [6.45, 7) is 11.3. The van der Waals surface area contributed by atoms with Gasteiger partial charge in [-0.05, 0) is 27.2 Å². The summed E-state index contributed by atoms with van der Waals surface area (Å²) >= 11 is 0. The Morgan fingerprint density at radius 3 is 2.72 bits per heavy atom. The van der Waals surface area contributed by atoms with Gasteiger partial charge < -0.3 is 10.1 Å². The molecule has 100 valence electrons. The largest absolute Gasteiger partial charge is 0.376 e. The van der Waals surface area contributed by atoms with Crippen molar-refractivity contribution in [2.75, 3.05) is 11.9 Å². The standard InChI is InChI=1S/C14H23N3O/c1-9(2)13-15-10(3)8-12(16-13)17-14(5)6-7-18-11(14)4/h8-9,11H,6-7H2,1-5H3,(H,15,16,17). The van der Waals surface area contributed by atoms with E-state index < -0.39 is 0 Å². The minimum atomic E-state index is -0.0327. The Bertz CT molecular complexity index is 433. The number of anilines is 1. The fourth-order valence-corrected chi connectivity index (χ4v) is 2.21. The maximum atomic E-state index is 5.64.